The zero-order chi connectivity index (χ0) is 13.0. The number of carbonyl (C=O) groups excluding carboxylic acids is 1. The molecule has 5 nitrogen and oxygen atoms in total. The second-order valence-corrected chi connectivity index (χ2v) is 4.55. The van der Waals surface area contributed by atoms with E-state index in [0.29, 0.717) is 23.7 Å². The van der Waals surface area contributed by atoms with E-state index in [2.05, 4.69) is 10.6 Å². The van der Waals surface area contributed by atoms with Crippen LogP contribution >= 0.6 is 0 Å². The van der Waals surface area contributed by atoms with Gasteiger partial charge in [-0.05, 0) is 36.5 Å². The molecule has 0 atom stereocenters. The van der Waals surface area contributed by atoms with Crippen molar-refractivity contribution in [1.82, 2.24) is 5.32 Å². The van der Waals surface area contributed by atoms with Crippen LogP contribution in [0, 0.1) is 5.92 Å². The van der Waals surface area contributed by atoms with E-state index >= 15 is 0 Å². The molecule has 18 heavy (non-hydrogen) atoms. The summed E-state index contributed by atoms with van der Waals surface area (Å²) in [7, 11) is 0. The van der Waals surface area contributed by atoms with Crippen LogP contribution in [0.25, 0.3) is 0 Å². The number of carboxylic acid groups (broad SMARTS) is 1. The number of nitrogens with one attached hydrogen (secondary N) is 2. The molecule has 0 aromatic heterocycles. The minimum absolute atomic E-state index is 0.0424. The third kappa shape index (κ3) is 4.08. The summed E-state index contributed by atoms with van der Waals surface area (Å²) < 4.78 is 0. The van der Waals surface area contributed by atoms with Crippen LogP contribution < -0.4 is 10.6 Å². The topological polar surface area (TPSA) is 78.4 Å². The molecule has 2 rings (SSSR count). The summed E-state index contributed by atoms with van der Waals surface area (Å²) in [6.45, 7) is 0.709. The maximum Gasteiger partial charge on any atom is 0.319 e. The van der Waals surface area contributed by atoms with Crippen molar-refractivity contribution in [3.63, 3.8) is 0 Å². The second-order valence-electron chi connectivity index (χ2n) is 4.55. The molecule has 1 aliphatic carbocycles. The number of benzene rings is 1. The van der Waals surface area contributed by atoms with E-state index < -0.39 is 5.97 Å². The van der Waals surface area contributed by atoms with Crippen LogP contribution in [0.3, 0.4) is 0 Å². The highest BCUT2D eigenvalue weighted by molar-refractivity contribution is 5.89. The van der Waals surface area contributed by atoms with Gasteiger partial charge in [0.05, 0.1) is 6.42 Å². The Morgan fingerprint density at radius 2 is 2.11 bits per heavy atom. The normalized spacial score (nSPS) is 14.0. The largest absolute Gasteiger partial charge is 0.481 e. The SMILES string of the molecule is O=C(O)Cc1cccc(NC(=O)NCC2CC2)c1. The third-order valence-electron chi connectivity index (χ3n) is 2.79. The standard InChI is InChI=1S/C13H16N2O3/c16-12(17)7-10-2-1-3-11(6-10)15-13(18)14-8-9-4-5-9/h1-3,6,9H,4-5,7-8H2,(H,16,17)(H2,14,15,18). The molecule has 0 unspecified atom stereocenters. The average Bonchev–Trinajstić information content (AvgIpc) is 3.09. The summed E-state index contributed by atoms with van der Waals surface area (Å²) in [5, 5.41) is 14.2. The second kappa shape index (κ2) is 5.53. The summed E-state index contributed by atoms with van der Waals surface area (Å²) in [6.07, 6.45) is 2.34. The number of rotatable bonds is 5. The van der Waals surface area contributed by atoms with Gasteiger partial charge in [-0.15, -0.1) is 0 Å². The number of carboxylic acids is 1. The number of urea groups is 1. The number of anilines is 1. The Bertz CT molecular complexity index is 455. The molecule has 1 aliphatic rings. The fraction of sp³-hybridized carbons (Fsp3) is 0.385. The van der Waals surface area contributed by atoms with Crippen LogP contribution in [-0.2, 0) is 11.2 Å². The van der Waals surface area contributed by atoms with Gasteiger partial charge in [-0.1, -0.05) is 12.1 Å². The molecule has 0 bridgehead atoms. The van der Waals surface area contributed by atoms with E-state index in [-0.39, 0.29) is 12.5 Å². The number of carbonyl (C=O) groups is 2. The number of amides is 2. The Kier molecular flexibility index (Phi) is 3.82. The van der Waals surface area contributed by atoms with Gasteiger partial charge in [-0.3, -0.25) is 4.79 Å². The van der Waals surface area contributed by atoms with E-state index in [9.17, 15) is 9.59 Å². The first kappa shape index (κ1) is 12.4. The molecule has 0 heterocycles. The highest BCUT2D eigenvalue weighted by Gasteiger charge is 2.21. The Hall–Kier alpha value is -2.04. The van der Waals surface area contributed by atoms with Gasteiger partial charge in [0.25, 0.3) is 0 Å². The molecule has 1 saturated carbocycles. The van der Waals surface area contributed by atoms with Crippen molar-refractivity contribution in [2.75, 3.05) is 11.9 Å². The van der Waals surface area contributed by atoms with E-state index in [1.54, 1.807) is 24.3 Å². The first-order valence-electron chi connectivity index (χ1n) is 5.99. The quantitative estimate of drug-likeness (QED) is 0.744. The van der Waals surface area contributed by atoms with Crippen molar-refractivity contribution in [2.45, 2.75) is 19.3 Å². The van der Waals surface area contributed by atoms with Crippen LogP contribution in [-0.4, -0.2) is 23.7 Å². The van der Waals surface area contributed by atoms with Crippen molar-refractivity contribution < 1.29 is 14.7 Å². The summed E-state index contributed by atoms with van der Waals surface area (Å²) in [5.41, 5.74) is 1.28. The number of aliphatic carboxylic acids is 1. The summed E-state index contributed by atoms with van der Waals surface area (Å²) in [5.74, 6) is -0.251. The van der Waals surface area contributed by atoms with Crippen molar-refractivity contribution >= 4 is 17.7 Å². The molecule has 0 aliphatic heterocycles. The van der Waals surface area contributed by atoms with Gasteiger partial charge in [0.1, 0.15) is 0 Å². The van der Waals surface area contributed by atoms with Gasteiger partial charge >= 0.3 is 12.0 Å². The van der Waals surface area contributed by atoms with Crippen LogP contribution in [0.4, 0.5) is 10.5 Å². The summed E-state index contributed by atoms with van der Waals surface area (Å²) >= 11 is 0. The van der Waals surface area contributed by atoms with E-state index in [1.165, 1.54) is 12.8 Å². The highest BCUT2D eigenvalue weighted by Crippen LogP contribution is 2.27. The average molecular weight is 248 g/mol. The molecule has 2 amide bonds. The zero-order valence-electron chi connectivity index (χ0n) is 9.98. The van der Waals surface area contributed by atoms with E-state index in [1.807, 2.05) is 0 Å². The fourth-order valence-electron chi connectivity index (χ4n) is 1.67. The summed E-state index contributed by atoms with van der Waals surface area (Å²) in [6, 6.07) is 6.62. The van der Waals surface area contributed by atoms with Gasteiger partial charge in [-0.25, -0.2) is 4.79 Å². The van der Waals surface area contributed by atoms with Crippen molar-refractivity contribution in [3.8, 4) is 0 Å². The molecular weight excluding hydrogens is 232 g/mol. The first-order chi connectivity index (χ1) is 8.63. The molecule has 0 radical (unpaired) electrons. The van der Waals surface area contributed by atoms with Gasteiger partial charge in [0.2, 0.25) is 0 Å². The molecular formula is C13H16N2O3. The fourth-order valence-corrected chi connectivity index (χ4v) is 1.67. The predicted octanol–water partition coefficient (Wildman–Crippen LogP) is 1.85. The monoisotopic (exact) mass is 248 g/mol. The molecule has 96 valence electrons. The van der Waals surface area contributed by atoms with Crippen LogP contribution in [0.2, 0.25) is 0 Å². The van der Waals surface area contributed by atoms with Gasteiger partial charge in [0.15, 0.2) is 0 Å². The minimum Gasteiger partial charge on any atom is -0.481 e. The van der Waals surface area contributed by atoms with Crippen molar-refractivity contribution in [2.24, 2.45) is 5.92 Å². The minimum atomic E-state index is -0.884. The third-order valence-corrected chi connectivity index (χ3v) is 2.79. The Balaban J connectivity index is 1.86. The number of hydrogen-bond donors (Lipinski definition) is 3. The lowest BCUT2D eigenvalue weighted by Crippen LogP contribution is -2.30. The van der Waals surface area contributed by atoms with Crippen LogP contribution in [0.15, 0.2) is 24.3 Å². The summed E-state index contributed by atoms with van der Waals surface area (Å²) in [4.78, 5) is 22.1. The maximum atomic E-state index is 11.5. The van der Waals surface area contributed by atoms with Crippen molar-refractivity contribution in [3.05, 3.63) is 29.8 Å². The maximum absolute atomic E-state index is 11.5. The molecule has 0 saturated heterocycles. The van der Waals surface area contributed by atoms with Crippen LogP contribution in [0.1, 0.15) is 18.4 Å². The predicted molar refractivity (Wildman–Crippen MR) is 67.5 cm³/mol. The highest BCUT2D eigenvalue weighted by atomic mass is 16.4. The lowest BCUT2D eigenvalue weighted by Gasteiger charge is -2.08. The Morgan fingerprint density at radius 1 is 1.33 bits per heavy atom. The smallest absolute Gasteiger partial charge is 0.319 e. The molecule has 5 heteroatoms. The van der Waals surface area contributed by atoms with Gasteiger partial charge in [0, 0.05) is 12.2 Å². The molecule has 0 spiro atoms. The lowest BCUT2D eigenvalue weighted by atomic mass is 10.1. The molecule has 1 fully saturated rings. The molecule has 1 aromatic rings. The number of hydrogen-bond acceptors (Lipinski definition) is 2. The molecule has 3 N–H and O–H groups in total. The van der Waals surface area contributed by atoms with Crippen molar-refractivity contribution in [1.29, 1.82) is 0 Å². The first-order valence-corrected chi connectivity index (χ1v) is 5.99. The van der Waals surface area contributed by atoms with E-state index in [4.69, 9.17) is 5.11 Å². The zero-order valence-corrected chi connectivity index (χ0v) is 9.98. The lowest BCUT2D eigenvalue weighted by molar-refractivity contribution is -0.136. The Labute approximate surface area is 105 Å². The van der Waals surface area contributed by atoms with Gasteiger partial charge < -0.3 is 15.7 Å². The Morgan fingerprint density at radius 3 is 2.78 bits per heavy atom. The van der Waals surface area contributed by atoms with E-state index in [0.717, 1.165) is 0 Å². The van der Waals surface area contributed by atoms with Crippen LogP contribution in [0.5, 0.6) is 0 Å². The van der Waals surface area contributed by atoms with Gasteiger partial charge in [-0.2, -0.15) is 0 Å². The molecule has 1 aromatic carbocycles.